The van der Waals surface area contributed by atoms with Crippen LogP contribution in [0.3, 0.4) is 0 Å². The fourth-order valence-corrected chi connectivity index (χ4v) is 3.36. The van der Waals surface area contributed by atoms with Crippen LogP contribution in [-0.2, 0) is 0 Å². The van der Waals surface area contributed by atoms with Crippen LogP contribution < -0.4 is 15.4 Å². The molecule has 6 heteroatoms. The summed E-state index contributed by atoms with van der Waals surface area (Å²) in [5.41, 5.74) is 0.868. The van der Waals surface area contributed by atoms with Crippen LogP contribution in [0.5, 0.6) is 5.75 Å². The highest BCUT2D eigenvalue weighted by Crippen LogP contribution is 2.29. The van der Waals surface area contributed by atoms with E-state index < -0.39 is 0 Å². The highest BCUT2D eigenvalue weighted by Gasteiger charge is 2.17. The largest absolute Gasteiger partial charge is 0.497 e. The molecule has 0 saturated heterocycles. The Hall–Kier alpha value is -1.82. The van der Waals surface area contributed by atoms with Crippen LogP contribution in [0, 0.1) is 0 Å². The molecule has 0 atom stereocenters. The first-order valence-corrected chi connectivity index (χ1v) is 7.58. The SMILES string of the molecule is COc1ccc2nc(NC(=O)NC3CCCC3)sc2c1. The van der Waals surface area contributed by atoms with Crippen molar-refractivity contribution in [1.29, 1.82) is 0 Å². The molecule has 20 heavy (non-hydrogen) atoms. The van der Waals surface area contributed by atoms with Crippen molar-refractivity contribution in [1.82, 2.24) is 10.3 Å². The van der Waals surface area contributed by atoms with Gasteiger partial charge in [-0.25, -0.2) is 9.78 Å². The summed E-state index contributed by atoms with van der Waals surface area (Å²) < 4.78 is 6.18. The molecule has 0 bridgehead atoms. The Kier molecular flexibility index (Phi) is 3.73. The fraction of sp³-hybridized carbons (Fsp3) is 0.429. The molecule has 0 spiro atoms. The van der Waals surface area contributed by atoms with Crippen molar-refractivity contribution in [2.24, 2.45) is 0 Å². The third-order valence-corrected chi connectivity index (χ3v) is 4.44. The predicted octanol–water partition coefficient (Wildman–Crippen LogP) is 3.37. The lowest BCUT2D eigenvalue weighted by molar-refractivity contribution is 0.248. The molecule has 1 saturated carbocycles. The van der Waals surface area contributed by atoms with Crippen molar-refractivity contribution < 1.29 is 9.53 Å². The summed E-state index contributed by atoms with van der Waals surface area (Å²) in [6.45, 7) is 0. The number of amides is 2. The van der Waals surface area contributed by atoms with Crippen molar-refractivity contribution in [2.45, 2.75) is 31.7 Å². The maximum atomic E-state index is 11.9. The Morgan fingerprint density at radius 2 is 2.20 bits per heavy atom. The van der Waals surface area contributed by atoms with Gasteiger partial charge in [0.05, 0.1) is 17.3 Å². The number of aromatic nitrogens is 1. The summed E-state index contributed by atoms with van der Waals surface area (Å²) in [4.78, 5) is 16.3. The summed E-state index contributed by atoms with van der Waals surface area (Å²) in [6, 6.07) is 5.83. The molecule has 3 rings (SSSR count). The monoisotopic (exact) mass is 291 g/mol. The number of methoxy groups -OCH3 is 1. The number of urea groups is 1. The first-order chi connectivity index (χ1) is 9.74. The number of rotatable bonds is 3. The number of hydrogen-bond acceptors (Lipinski definition) is 4. The molecule has 2 aromatic rings. The molecule has 2 amide bonds. The molecule has 1 heterocycles. The minimum absolute atomic E-state index is 0.164. The van der Waals surface area contributed by atoms with Gasteiger partial charge in [0.2, 0.25) is 0 Å². The summed E-state index contributed by atoms with van der Waals surface area (Å²) in [7, 11) is 1.64. The van der Waals surface area contributed by atoms with E-state index in [9.17, 15) is 4.79 Å². The third-order valence-electron chi connectivity index (χ3n) is 3.51. The number of fused-ring (bicyclic) bond motifs is 1. The van der Waals surface area contributed by atoms with Crippen LogP contribution in [0.25, 0.3) is 10.2 Å². The van der Waals surface area contributed by atoms with Crippen molar-refractivity contribution in [3.63, 3.8) is 0 Å². The molecule has 0 unspecified atom stereocenters. The molecule has 1 fully saturated rings. The number of nitrogens with one attached hydrogen (secondary N) is 2. The van der Waals surface area contributed by atoms with Crippen LogP contribution in [0.4, 0.5) is 9.93 Å². The van der Waals surface area contributed by atoms with E-state index in [0.29, 0.717) is 11.2 Å². The van der Waals surface area contributed by atoms with E-state index in [-0.39, 0.29) is 6.03 Å². The minimum Gasteiger partial charge on any atom is -0.497 e. The number of carbonyl (C=O) groups excluding carboxylic acids is 1. The summed E-state index contributed by atoms with van der Waals surface area (Å²) in [5.74, 6) is 0.795. The van der Waals surface area contributed by atoms with E-state index in [0.717, 1.165) is 28.8 Å². The van der Waals surface area contributed by atoms with E-state index in [2.05, 4.69) is 15.6 Å². The van der Waals surface area contributed by atoms with E-state index in [1.807, 2.05) is 18.2 Å². The molecule has 0 aliphatic heterocycles. The number of carbonyl (C=O) groups is 1. The minimum atomic E-state index is -0.164. The molecular formula is C14H17N3O2S. The van der Waals surface area contributed by atoms with Gasteiger partial charge < -0.3 is 10.1 Å². The first kappa shape index (κ1) is 13.2. The van der Waals surface area contributed by atoms with Gasteiger partial charge in [0.15, 0.2) is 5.13 Å². The topological polar surface area (TPSA) is 63.2 Å². The van der Waals surface area contributed by atoms with Gasteiger partial charge in [0, 0.05) is 6.04 Å². The Morgan fingerprint density at radius 3 is 2.95 bits per heavy atom. The molecule has 0 radical (unpaired) electrons. The maximum absolute atomic E-state index is 11.9. The average molecular weight is 291 g/mol. The Labute approximate surface area is 121 Å². The van der Waals surface area contributed by atoms with Gasteiger partial charge in [-0.05, 0) is 31.0 Å². The number of thiazole rings is 1. The van der Waals surface area contributed by atoms with Crippen LogP contribution in [0.1, 0.15) is 25.7 Å². The Balaban J connectivity index is 1.68. The van der Waals surface area contributed by atoms with Crippen LogP contribution in [0.2, 0.25) is 0 Å². The standard InChI is InChI=1S/C14H17N3O2S/c1-19-10-6-7-11-12(8-10)20-14(16-11)17-13(18)15-9-4-2-3-5-9/h6-9H,2-5H2,1H3,(H2,15,16,17,18). The van der Waals surface area contributed by atoms with Gasteiger partial charge in [-0.1, -0.05) is 24.2 Å². The summed E-state index contributed by atoms with van der Waals surface area (Å²) >= 11 is 1.45. The van der Waals surface area contributed by atoms with E-state index >= 15 is 0 Å². The van der Waals surface area contributed by atoms with Gasteiger partial charge >= 0.3 is 6.03 Å². The van der Waals surface area contributed by atoms with Crippen LogP contribution in [0.15, 0.2) is 18.2 Å². The highest BCUT2D eigenvalue weighted by molar-refractivity contribution is 7.22. The average Bonchev–Trinajstić information content (AvgIpc) is 3.06. The first-order valence-electron chi connectivity index (χ1n) is 6.77. The number of benzene rings is 1. The molecule has 106 valence electrons. The quantitative estimate of drug-likeness (QED) is 0.911. The second kappa shape index (κ2) is 5.66. The second-order valence-electron chi connectivity index (χ2n) is 4.93. The van der Waals surface area contributed by atoms with Gasteiger partial charge in [0.1, 0.15) is 5.75 Å². The summed E-state index contributed by atoms with van der Waals surface area (Å²) in [6.07, 6.45) is 4.55. The van der Waals surface area contributed by atoms with E-state index in [1.54, 1.807) is 7.11 Å². The van der Waals surface area contributed by atoms with Crippen LogP contribution in [-0.4, -0.2) is 24.2 Å². The van der Waals surface area contributed by atoms with Crippen molar-refractivity contribution in [3.8, 4) is 5.75 Å². The summed E-state index contributed by atoms with van der Waals surface area (Å²) in [5, 5.41) is 6.41. The van der Waals surface area contributed by atoms with Gasteiger partial charge in [0.25, 0.3) is 0 Å². The Morgan fingerprint density at radius 1 is 1.40 bits per heavy atom. The van der Waals surface area contributed by atoms with Crippen molar-refractivity contribution >= 4 is 32.7 Å². The van der Waals surface area contributed by atoms with E-state index in [4.69, 9.17) is 4.74 Å². The normalized spacial score (nSPS) is 15.4. The zero-order valence-corrected chi connectivity index (χ0v) is 12.1. The second-order valence-corrected chi connectivity index (χ2v) is 5.96. The maximum Gasteiger partial charge on any atom is 0.321 e. The highest BCUT2D eigenvalue weighted by atomic mass is 32.1. The van der Waals surface area contributed by atoms with Gasteiger partial charge in [-0.15, -0.1) is 0 Å². The van der Waals surface area contributed by atoms with Crippen molar-refractivity contribution in [2.75, 3.05) is 12.4 Å². The zero-order chi connectivity index (χ0) is 13.9. The molecule has 1 aromatic carbocycles. The lowest BCUT2D eigenvalue weighted by atomic mass is 10.3. The van der Waals surface area contributed by atoms with Crippen LogP contribution >= 0.6 is 11.3 Å². The fourth-order valence-electron chi connectivity index (χ4n) is 2.47. The Bertz CT molecular complexity index is 620. The molecule has 1 aliphatic rings. The number of hydrogen-bond donors (Lipinski definition) is 2. The molecule has 1 aliphatic carbocycles. The number of nitrogens with zero attached hydrogens (tertiary/aromatic N) is 1. The zero-order valence-electron chi connectivity index (χ0n) is 11.3. The third kappa shape index (κ3) is 2.85. The predicted molar refractivity (Wildman–Crippen MR) is 80.6 cm³/mol. The molecular weight excluding hydrogens is 274 g/mol. The van der Waals surface area contributed by atoms with Gasteiger partial charge in [-0.2, -0.15) is 0 Å². The number of ether oxygens (including phenoxy) is 1. The molecule has 2 N–H and O–H groups in total. The number of anilines is 1. The molecule has 1 aromatic heterocycles. The van der Waals surface area contributed by atoms with Gasteiger partial charge in [-0.3, -0.25) is 5.32 Å². The van der Waals surface area contributed by atoms with E-state index in [1.165, 1.54) is 24.2 Å². The smallest absolute Gasteiger partial charge is 0.321 e. The van der Waals surface area contributed by atoms with Crippen molar-refractivity contribution in [3.05, 3.63) is 18.2 Å². The lowest BCUT2D eigenvalue weighted by Crippen LogP contribution is -2.36. The lowest BCUT2D eigenvalue weighted by Gasteiger charge is -2.11. The molecule has 5 nitrogen and oxygen atoms in total.